The first-order chi connectivity index (χ1) is 7.10. The first-order valence-corrected chi connectivity index (χ1v) is 5.42. The smallest absolute Gasteiger partial charge is 0.141 e. The number of phenolic OH excluding ortho intramolecular Hbond substituents is 1. The van der Waals surface area contributed by atoms with Crippen LogP contribution in [0.15, 0.2) is 12.1 Å². The molecule has 0 fully saturated rings. The summed E-state index contributed by atoms with van der Waals surface area (Å²) in [5.41, 5.74) is 8.40. The third-order valence-corrected chi connectivity index (χ3v) is 2.53. The van der Waals surface area contributed by atoms with E-state index in [2.05, 4.69) is 6.92 Å². The van der Waals surface area contributed by atoms with Gasteiger partial charge in [-0.1, -0.05) is 13.8 Å². The Kier molecular flexibility index (Phi) is 3.83. The van der Waals surface area contributed by atoms with E-state index in [0.717, 1.165) is 30.6 Å². The molecule has 3 N–H and O–H groups in total. The van der Waals surface area contributed by atoms with Gasteiger partial charge in [0.1, 0.15) is 11.4 Å². The molecule has 1 aromatic carbocycles. The van der Waals surface area contributed by atoms with Crippen molar-refractivity contribution in [2.24, 2.45) is 0 Å². The van der Waals surface area contributed by atoms with E-state index in [0.29, 0.717) is 5.69 Å². The van der Waals surface area contributed by atoms with Gasteiger partial charge in [0.15, 0.2) is 0 Å². The number of hydrogen-bond donors (Lipinski definition) is 2. The van der Waals surface area contributed by atoms with E-state index < -0.39 is 0 Å². The highest BCUT2D eigenvalue weighted by Crippen LogP contribution is 2.34. The van der Waals surface area contributed by atoms with Crippen molar-refractivity contribution < 1.29 is 5.11 Å². The van der Waals surface area contributed by atoms with Gasteiger partial charge in [-0.3, -0.25) is 0 Å². The molecule has 1 rings (SSSR count). The zero-order valence-electron chi connectivity index (χ0n) is 9.75. The van der Waals surface area contributed by atoms with E-state index in [-0.39, 0.29) is 5.75 Å². The molecule has 0 atom stereocenters. The monoisotopic (exact) mass is 208 g/mol. The second-order valence-electron chi connectivity index (χ2n) is 3.83. The molecule has 1 aromatic rings. The van der Waals surface area contributed by atoms with Crippen LogP contribution in [0.5, 0.6) is 5.75 Å². The van der Waals surface area contributed by atoms with Gasteiger partial charge in [0.25, 0.3) is 0 Å². The van der Waals surface area contributed by atoms with Crippen molar-refractivity contribution in [2.75, 3.05) is 24.2 Å². The third kappa shape index (κ3) is 2.55. The van der Waals surface area contributed by atoms with Gasteiger partial charge >= 0.3 is 0 Å². The molecule has 0 aromatic heterocycles. The second kappa shape index (κ2) is 4.91. The minimum Gasteiger partial charge on any atom is -0.506 e. The van der Waals surface area contributed by atoms with Crippen molar-refractivity contribution in [3.8, 4) is 5.75 Å². The number of nitrogens with zero attached hydrogens (tertiary/aromatic N) is 1. The number of hydrogen-bond acceptors (Lipinski definition) is 3. The number of benzene rings is 1. The van der Waals surface area contributed by atoms with Gasteiger partial charge in [-0.2, -0.15) is 0 Å². The van der Waals surface area contributed by atoms with Gasteiger partial charge in [-0.25, -0.2) is 0 Å². The number of aromatic hydroxyl groups is 1. The summed E-state index contributed by atoms with van der Waals surface area (Å²) in [5, 5.41) is 9.88. The summed E-state index contributed by atoms with van der Waals surface area (Å²) in [7, 11) is 1.94. The van der Waals surface area contributed by atoms with Crippen LogP contribution in [0, 0.1) is 0 Å². The van der Waals surface area contributed by atoms with E-state index >= 15 is 0 Å². The normalized spacial score (nSPS) is 10.3. The molecule has 0 aliphatic heterocycles. The van der Waals surface area contributed by atoms with Crippen LogP contribution in [0.3, 0.4) is 0 Å². The first-order valence-electron chi connectivity index (χ1n) is 5.42. The van der Waals surface area contributed by atoms with Crippen molar-refractivity contribution in [3.63, 3.8) is 0 Å². The molecule has 0 heterocycles. The number of nitrogens with two attached hydrogens (primary N) is 1. The maximum absolute atomic E-state index is 9.88. The molecular formula is C12H20N2O. The van der Waals surface area contributed by atoms with Gasteiger partial charge in [0.2, 0.25) is 0 Å². The van der Waals surface area contributed by atoms with Crippen LogP contribution >= 0.6 is 0 Å². The van der Waals surface area contributed by atoms with Gasteiger partial charge < -0.3 is 15.7 Å². The van der Waals surface area contributed by atoms with Gasteiger partial charge in [-0.15, -0.1) is 0 Å². The van der Waals surface area contributed by atoms with Crippen LogP contribution in [0.4, 0.5) is 11.4 Å². The molecule has 84 valence electrons. The van der Waals surface area contributed by atoms with E-state index in [4.69, 9.17) is 5.73 Å². The molecule has 15 heavy (non-hydrogen) atoms. The minimum atomic E-state index is 0.280. The van der Waals surface area contributed by atoms with E-state index in [1.807, 2.05) is 24.9 Å². The number of aryl methyl sites for hydroxylation is 1. The molecule has 0 amide bonds. The average molecular weight is 208 g/mol. The number of phenols is 1. The quantitative estimate of drug-likeness (QED) is 0.747. The molecule has 0 unspecified atom stereocenters. The lowest BCUT2D eigenvalue weighted by molar-refractivity contribution is 0.474. The molecule has 3 heteroatoms. The molecule has 0 radical (unpaired) electrons. The van der Waals surface area contributed by atoms with Crippen LogP contribution in [-0.4, -0.2) is 18.7 Å². The summed E-state index contributed by atoms with van der Waals surface area (Å²) in [4.78, 5) is 1.99. The van der Waals surface area contributed by atoms with E-state index in [1.54, 1.807) is 6.07 Å². The van der Waals surface area contributed by atoms with Crippen LogP contribution in [0.2, 0.25) is 0 Å². The lowest BCUT2D eigenvalue weighted by Gasteiger charge is -2.22. The maximum Gasteiger partial charge on any atom is 0.141 e. The van der Waals surface area contributed by atoms with Gasteiger partial charge in [0.05, 0.1) is 5.69 Å². The molecule has 0 bridgehead atoms. The lowest BCUT2D eigenvalue weighted by Crippen LogP contribution is -2.19. The van der Waals surface area contributed by atoms with Crippen LogP contribution < -0.4 is 10.6 Å². The van der Waals surface area contributed by atoms with Crippen molar-refractivity contribution in [3.05, 3.63) is 17.7 Å². The fourth-order valence-corrected chi connectivity index (χ4v) is 1.77. The molecule has 0 saturated carbocycles. The van der Waals surface area contributed by atoms with E-state index in [9.17, 15) is 5.11 Å². The molecule has 0 aliphatic carbocycles. The Morgan fingerprint density at radius 1 is 1.33 bits per heavy atom. The molecule has 3 nitrogen and oxygen atoms in total. The average Bonchev–Trinajstić information content (AvgIpc) is 2.16. The largest absolute Gasteiger partial charge is 0.506 e. The summed E-state index contributed by atoms with van der Waals surface area (Å²) in [6.45, 7) is 5.04. The number of rotatable bonds is 4. The summed E-state index contributed by atoms with van der Waals surface area (Å²) >= 11 is 0. The minimum absolute atomic E-state index is 0.280. The topological polar surface area (TPSA) is 49.5 Å². The standard InChI is InChI=1S/C12H20N2O/c1-4-6-14(3)12-10(13)7-9(5-2)8-11(12)15/h7-8,15H,4-6,13H2,1-3H3. The molecule has 0 saturated heterocycles. The third-order valence-electron chi connectivity index (χ3n) is 2.53. The Morgan fingerprint density at radius 2 is 2.00 bits per heavy atom. The highest BCUT2D eigenvalue weighted by Gasteiger charge is 2.11. The molecule has 0 aliphatic rings. The summed E-state index contributed by atoms with van der Waals surface area (Å²) in [6.07, 6.45) is 1.92. The van der Waals surface area contributed by atoms with Crippen molar-refractivity contribution >= 4 is 11.4 Å². The highest BCUT2D eigenvalue weighted by molar-refractivity contribution is 5.75. The predicted octanol–water partition coefficient (Wildman–Crippen LogP) is 2.38. The van der Waals surface area contributed by atoms with Gasteiger partial charge in [-0.05, 0) is 30.5 Å². The zero-order chi connectivity index (χ0) is 11.4. The van der Waals surface area contributed by atoms with Crippen LogP contribution in [-0.2, 0) is 6.42 Å². The second-order valence-corrected chi connectivity index (χ2v) is 3.83. The summed E-state index contributed by atoms with van der Waals surface area (Å²) in [5.74, 6) is 0.280. The predicted molar refractivity (Wildman–Crippen MR) is 65.5 cm³/mol. The summed E-state index contributed by atoms with van der Waals surface area (Å²) in [6, 6.07) is 3.72. The lowest BCUT2D eigenvalue weighted by atomic mass is 10.1. The highest BCUT2D eigenvalue weighted by atomic mass is 16.3. The van der Waals surface area contributed by atoms with Crippen molar-refractivity contribution in [1.82, 2.24) is 0 Å². The van der Waals surface area contributed by atoms with E-state index in [1.165, 1.54) is 0 Å². The Labute approximate surface area is 91.5 Å². The first kappa shape index (κ1) is 11.7. The Hall–Kier alpha value is -1.38. The Bertz CT molecular complexity index is 313. The Balaban J connectivity index is 3.07. The fraction of sp³-hybridized carbons (Fsp3) is 0.500. The number of anilines is 2. The van der Waals surface area contributed by atoms with Crippen molar-refractivity contribution in [1.29, 1.82) is 0 Å². The molecular weight excluding hydrogens is 188 g/mol. The number of nitrogen functional groups attached to an aromatic ring is 1. The molecule has 0 spiro atoms. The van der Waals surface area contributed by atoms with Crippen molar-refractivity contribution in [2.45, 2.75) is 26.7 Å². The summed E-state index contributed by atoms with van der Waals surface area (Å²) < 4.78 is 0. The Morgan fingerprint density at radius 3 is 2.47 bits per heavy atom. The maximum atomic E-state index is 9.88. The fourth-order valence-electron chi connectivity index (χ4n) is 1.77. The van der Waals surface area contributed by atoms with Crippen LogP contribution in [0.25, 0.3) is 0 Å². The van der Waals surface area contributed by atoms with Gasteiger partial charge in [0, 0.05) is 13.6 Å². The van der Waals surface area contributed by atoms with Crippen LogP contribution in [0.1, 0.15) is 25.8 Å². The zero-order valence-corrected chi connectivity index (χ0v) is 9.75. The SMILES string of the molecule is CCCN(C)c1c(N)cc(CC)cc1O.